The molecule has 1 heterocycles. The molecule has 100 valence electrons. The normalized spacial score (nSPS) is 23.9. The quantitative estimate of drug-likeness (QED) is 0.485. The first-order valence-electron chi connectivity index (χ1n) is 6.66. The molecule has 0 bridgehead atoms. The van der Waals surface area contributed by atoms with E-state index in [-0.39, 0.29) is 18.2 Å². The van der Waals surface area contributed by atoms with E-state index in [9.17, 15) is 4.79 Å². The van der Waals surface area contributed by atoms with Crippen molar-refractivity contribution in [3.63, 3.8) is 0 Å². The second kappa shape index (κ2) is 8.48. The Balaban J connectivity index is 2.14. The maximum Gasteiger partial charge on any atom is 0.305 e. The summed E-state index contributed by atoms with van der Waals surface area (Å²) in [6.45, 7) is 5.78. The highest BCUT2D eigenvalue weighted by Crippen LogP contribution is 2.17. The van der Waals surface area contributed by atoms with Gasteiger partial charge in [0.05, 0.1) is 6.10 Å². The summed E-state index contributed by atoms with van der Waals surface area (Å²) in [6.07, 6.45) is 4.53. The SMILES string of the molecule is CCCCCC(=O)OC[C@@H]1OCC[C@@H]1OCC. The second-order valence-electron chi connectivity index (χ2n) is 4.33. The molecule has 0 spiro atoms. The van der Waals surface area contributed by atoms with Crippen molar-refractivity contribution in [2.75, 3.05) is 19.8 Å². The largest absolute Gasteiger partial charge is 0.463 e. The molecule has 4 nitrogen and oxygen atoms in total. The molecule has 1 aliphatic rings. The monoisotopic (exact) mass is 244 g/mol. The molecule has 1 aliphatic heterocycles. The molecule has 0 unspecified atom stereocenters. The summed E-state index contributed by atoms with van der Waals surface area (Å²) in [6, 6.07) is 0. The molecule has 2 atom stereocenters. The zero-order chi connectivity index (χ0) is 12.5. The van der Waals surface area contributed by atoms with E-state index in [0.717, 1.165) is 25.7 Å². The average molecular weight is 244 g/mol. The third kappa shape index (κ3) is 5.50. The van der Waals surface area contributed by atoms with Crippen LogP contribution in [-0.4, -0.2) is 38.0 Å². The van der Waals surface area contributed by atoms with E-state index in [4.69, 9.17) is 14.2 Å². The van der Waals surface area contributed by atoms with Gasteiger partial charge >= 0.3 is 5.97 Å². The maximum absolute atomic E-state index is 11.4. The molecule has 0 N–H and O–H groups in total. The highest BCUT2D eigenvalue weighted by atomic mass is 16.6. The number of carbonyl (C=O) groups excluding carboxylic acids is 1. The molecule has 0 amide bonds. The number of rotatable bonds is 8. The summed E-state index contributed by atoms with van der Waals surface area (Å²) < 4.78 is 16.2. The van der Waals surface area contributed by atoms with E-state index >= 15 is 0 Å². The molecule has 0 saturated carbocycles. The van der Waals surface area contributed by atoms with Gasteiger partial charge in [0.1, 0.15) is 12.7 Å². The predicted molar refractivity (Wildman–Crippen MR) is 64.9 cm³/mol. The molecular weight excluding hydrogens is 220 g/mol. The highest BCUT2D eigenvalue weighted by molar-refractivity contribution is 5.69. The van der Waals surface area contributed by atoms with Gasteiger partial charge in [-0.2, -0.15) is 0 Å². The van der Waals surface area contributed by atoms with Crippen molar-refractivity contribution in [2.24, 2.45) is 0 Å². The van der Waals surface area contributed by atoms with Crippen LogP contribution < -0.4 is 0 Å². The van der Waals surface area contributed by atoms with Gasteiger partial charge in [-0.15, -0.1) is 0 Å². The minimum Gasteiger partial charge on any atom is -0.463 e. The van der Waals surface area contributed by atoms with Gasteiger partial charge in [0.25, 0.3) is 0 Å². The Bertz CT molecular complexity index is 217. The van der Waals surface area contributed by atoms with Crippen LogP contribution in [-0.2, 0) is 19.0 Å². The van der Waals surface area contributed by atoms with Gasteiger partial charge in [-0.05, 0) is 19.8 Å². The Labute approximate surface area is 104 Å². The first-order chi connectivity index (χ1) is 8.27. The van der Waals surface area contributed by atoms with Crippen LogP contribution in [0.25, 0.3) is 0 Å². The van der Waals surface area contributed by atoms with Crippen molar-refractivity contribution >= 4 is 5.97 Å². The molecule has 1 saturated heterocycles. The zero-order valence-electron chi connectivity index (χ0n) is 10.9. The lowest BCUT2D eigenvalue weighted by molar-refractivity contribution is -0.149. The summed E-state index contributed by atoms with van der Waals surface area (Å²) in [5.41, 5.74) is 0. The molecule has 0 aromatic heterocycles. The Morgan fingerprint density at radius 3 is 2.88 bits per heavy atom. The van der Waals surface area contributed by atoms with Crippen LogP contribution in [0.2, 0.25) is 0 Å². The minimum atomic E-state index is -0.121. The Kier molecular flexibility index (Phi) is 7.21. The van der Waals surface area contributed by atoms with Gasteiger partial charge in [0, 0.05) is 19.6 Å². The molecule has 1 rings (SSSR count). The van der Waals surface area contributed by atoms with Crippen LogP contribution in [0.4, 0.5) is 0 Å². The van der Waals surface area contributed by atoms with E-state index < -0.39 is 0 Å². The number of unbranched alkanes of at least 4 members (excludes halogenated alkanes) is 2. The summed E-state index contributed by atoms with van der Waals surface area (Å²) in [7, 11) is 0. The first-order valence-corrected chi connectivity index (χ1v) is 6.66. The van der Waals surface area contributed by atoms with Crippen molar-refractivity contribution in [1.82, 2.24) is 0 Å². The van der Waals surface area contributed by atoms with Crippen LogP contribution in [0.5, 0.6) is 0 Å². The summed E-state index contributed by atoms with van der Waals surface area (Å²) in [5, 5.41) is 0. The van der Waals surface area contributed by atoms with Gasteiger partial charge in [-0.25, -0.2) is 0 Å². The first kappa shape index (κ1) is 14.5. The highest BCUT2D eigenvalue weighted by Gasteiger charge is 2.29. The van der Waals surface area contributed by atoms with Crippen molar-refractivity contribution in [3.8, 4) is 0 Å². The van der Waals surface area contributed by atoms with Gasteiger partial charge in [0.2, 0.25) is 0 Å². The van der Waals surface area contributed by atoms with E-state index in [1.165, 1.54) is 0 Å². The third-order valence-corrected chi connectivity index (χ3v) is 2.92. The average Bonchev–Trinajstić information content (AvgIpc) is 2.75. The van der Waals surface area contributed by atoms with Crippen molar-refractivity contribution in [2.45, 2.75) is 58.2 Å². The molecule has 0 radical (unpaired) electrons. The number of hydrogen-bond donors (Lipinski definition) is 0. The van der Waals surface area contributed by atoms with E-state index in [1.54, 1.807) is 0 Å². The molecule has 0 aliphatic carbocycles. The lowest BCUT2D eigenvalue weighted by Gasteiger charge is -2.18. The fourth-order valence-corrected chi connectivity index (χ4v) is 1.96. The third-order valence-electron chi connectivity index (χ3n) is 2.92. The van der Waals surface area contributed by atoms with Gasteiger partial charge in [-0.1, -0.05) is 19.8 Å². The Morgan fingerprint density at radius 2 is 2.18 bits per heavy atom. The van der Waals surface area contributed by atoms with Crippen LogP contribution in [0, 0.1) is 0 Å². The summed E-state index contributed by atoms with van der Waals surface area (Å²) >= 11 is 0. The fraction of sp³-hybridized carbons (Fsp3) is 0.923. The number of ether oxygens (including phenoxy) is 3. The Hall–Kier alpha value is -0.610. The second-order valence-corrected chi connectivity index (χ2v) is 4.33. The van der Waals surface area contributed by atoms with E-state index in [1.807, 2.05) is 6.92 Å². The van der Waals surface area contributed by atoms with Gasteiger partial charge in [-0.3, -0.25) is 4.79 Å². The van der Waals surface area contributed by atoms with Crippen molar-refractivity contribution in [1.29, 1.82) is 0 Å². The summed E-state index contributed by atoms with van der Waals surface area (Å²) in [4.78, 5) is 11.4. The van der Waals surface area contributed by atoms with E-state index in [0.29, 0.717) is 26.2 Å². The number of carbonyl (C=O) groups is 1. The lowest BCUT2D eigenvalue weighted by Crippen LogP contribution is -2.30. The topological polar surface area (TPSA) is 44.8 Å². The minimum absolute atomic E-state index is 0.0786. The summed E-state index contributed by atoms with van der Waals surface area (Å²) in [5.74, 6) is -0.121. The molecule has 1 fully saturated rings. The number of esters is 1. The Morgan fingerprint density at radius 1 is 1.35 bits per heavy atom. The fourth-order valence-electron chi connectivity index (χ4n) is 1.96. The predicted octanol–water partition coefficient (Wildman–Crippen LogP) is 2.30. The van der Waals surface area contributed by atoms with Gasteiger partial charge < -0.3 is 14.2 Å². The van der Waals surface area contributed by atoms with Crippen molar-refractivity contribution in [3.05, 3.63) is 0 Å². The molecule has 4 heteroatoms. The van der Waals surface area contributed by atoms with Crippen LogP contribution in [0.3, 0.4) is 0 Å². The molecule has 0 aromatic rings. The molecule has 17 heavy (non-hydrogen) atoms. The standard InChI is InChI=1S/C13H24O4/c1-3-5-6-7-13(14)17-10-12-11(15-4-2)8-9-16-12/h11-12H,3-10H2,1-2H3/t11-,12-/m0/s1. The number of hydrogen-bond acceptors (Lipinski definition) is 4. The van der Waals surface area contributed by atoms with Gasteiger partial charge in [0.15, 0.2) is 0 Å². The van der Waals surface area contributed by atoms with Crippen LogP contribution >= 0.6 is 0 Å². The van der Waals surface area contributed by atoms with Crippen LogP contribution in [0.15, 0.2) is 0 Å². The smallest absolute Gasteiger partial charge is 0.305 e. The lowest BCUT2D eigenvalue weighted by atomic mass is 10.2. The van der Waals surface area contributed by atoms with Crippen molar-refractivity contribution < 1.29 is 19.0 Å². The molecular formula is C13H24O4. The molecule has 0 aromatic carbocycles. The van der Waals surface area contributed by atoms with E-state index in [2.05, 4.69) is 6.92 Å². The zero-order valence-corrected chi connectivity index (χ0v) is 10.9. The maximum atomic E-state index is 11.4. The van der Waals surface area contributed by atoms with Crippen LogP contribution in [0.1, 0.15) is 46.0 Å².